The number of rotatable bonds is 5. The minimum Gasteiger partial charge on any atom is -0.406 e. The van der Waals surface area contributed by atoms with Crippen LogP contribution in [0.1, 0.15) is 20.8 Å². The lowest BCUT2D eigenvalue weighted by molar-refractivity contribution is -0.274. The first-order valence-electron chi connectivity index (χ1n) is 8.06. The molecule has 6 nitrogen and oxygen atoms in total. The smallest absolute Gasteiger partial charge is 0.406 e. The van der Waals surface area contributed by atoms with E-state index in [1.54, 1.807) is 26.8 Å². The number of anilines is 2. The summed E-state index contributed by atoms with van der Waals surface area (Å²) in [5.41, 5.74) is -0.142. The molecule has 0 heterocycles. The largest absolute Gasteiger partial charge is 0.573 e. The van der Waals surface area contributed by atoms with E-state index in [0.29, 0.717) is 5.69 Å². The van der Waals surface area contributed by atoms with Gasteiger partial charge in [0.05, 0.1) is 10.6 Å². The zero-order valence-electron chi connectivity index (χ0n) is 15.3. The average Bonchev–Trinajstić information content (AvgIpc) is 2.52. The van der Waals surface area contributed by atoms with E-state index in [0.717, 1.165) is 24.3 Å². The topological polar surface area (TPSA) is 84.5 Å². The van der Waals surface area contributed by atoms with Crippen molar-refractivity contribution in [2.24, 2.45) is 5.41 Å². The summed E-state index contributed by atoms with van der Waals surface area (Å²) in [6.07, 6.45) is -4.94. The molecular weight excluding hydrogens is 397 g/mol. The molecule has 0 spiro atoms. The first-order valence-corrected chi connectivity index (χ1v) is 9.55. The number of hydrogen-bond donors (Lipinski definition) is 2. The highest BCUT2D eigenvalue weighted by atomic mass is 32.2. The number of ether oxygens (including phenoxy) is 1. The molecule has 0 atom stereocenters. The number of carbonyl (C=O) groups is 1. The monoisotopic (exact) mass is 416 g/mol. The summed E-state index contributed by atoms with van der Waals surface area (Å²) in [5, 5.41) is 2.66. The molecule has 0 aliphatic heterocycles. The van der Waals surface area contributed by atoms with Gasteiger partial charge >= 0.3 is 6.36 Å². The van der Waals surface area contributed by atoms with Gasteiger partial charge in [-0.05, 0) is 30.3 Å². The van der Waals surface area contributed by atoms with E-state index in [1.807, 2.05) is 0 Å². The van der Waals surface area contributed by atoms with Gasteiger partial charge in [-0.15, -0.1) is 13.2 Å². The molecule has 152 valence electrons. The molecule has 0 fully saturated rings. The molecule has 2 rings (SSSR count). The van der Waals surface area contributed by atoms with Crippen molar-refractivity contribution in [3.8, 4) is 5.75 Å². The highest BCUT2D eigenvalue weighted by Crippen LogP contribution is 2.26. The summed E-state index contributed by atoms with van der Waals surface area (Å²) in [6, 6.07) is 9.98. The molecule has 1 amide bonds. The molecule has 0 bridgehead atoms. The molecule has 10 heteroatoms. The number of carbonyl (C=O) groups excluding carboxylic acids is 1. The van der Waals surface area contributed by atoms with Crippen molar-refractivity contribution in [3.63, 3.8) is 0 Å². The molecule has 0 radical (unpaired) electrons. The first-order chi connectivity index (χ1) is 12.8. The maximum Gasteiger partial charge on any atom is 0.573 e. The third-order valence-electron chi connectivity index (χ3n) is 3.40. The van der Waals surface area contributed by atoms with Crippen molar-refractivity contribution >= 4 is 27.3 Å². The Morgan fingerprint density at radius 3 is 2.18 bits per heavy atom. The normalized spacial score (nSPS) is 12.4. The van der Waals surface area contributed by atoms with Crippen LogP contribution in [0, 0.1) is 5.41 Å². The molecule has 0 unspecified atom stereocenters. The van der Waals surface area contributed by atoms with Gasteiger partial charge in [0.1, 0.15) is 5.75 Å². The van der Waals surface area contributed by atoms with E-state index >= 15 is 0 Å². The highest BCUT2D eigenvalue weighted by Gasteiger charge is 2.31. The number of alkyl halides is 3. The molecule has 28 heavy (non-hydrogen) atoms. The zero-order valence-corrected chi connectivity index (χ0v) is 16.1. The molecule has 0 aliphatic carbocycles. The van der Waals surface area contributed by atoms with Gasteiger partial charge in [-0.1, -0.05) is 32.9 Å². The number of nitrogens with one attached hydrogen (secondary N) is 2. The van der Waals surface area contributed by atoms with Gasteiger partial charge in [-0.25, -0.2) is 8.42 Å². The summed E-state index contributed by atoms with van der Waals surface area (Å²) < 4.78 is 67.9. The van der Waals surface area contributed by atoms with Gasteiger partial charge in [-0.2, -0.15) is 0 Å². The van der Waals surface area contributed by atoms with Crippen LogP contribution in [-0.2, 0) is 14.8 Å². The minimum atomic E-state index is -4.94. The van der Waals surface area contributed by atoms with Crippen LogP contribution >= 0.6 is 0 Å². The summed E-state index contributed by atoms with van der Waals surface area (Å²) in [6.45, 7) is 5.18. The number of halogens is 3. The maximum absolute atomic E-state index is 12.5. The Balaban J connectivity index is 2.22. The number of sulfonamides is 1. The Labute approximate surface area is 160 Å². The first kappa shape index (κ1) is 21.5. The Morgan fingerprint density at radius 2 is 1.57 bits per heavy atom. The summed E-state index contributed by atoms with van der Waals surface area (Å²) in [7, 11) is -4.18. The summed E-state index contributed by atoms with van der Waals surface area (Å²) in [4.78, 5) is 11.6. The molecule has 0 saturated carbocycles. The van der Waals surface area contributed by atoms with Gasteiger partial charge in [0, 0.05) is 17.2 Å². The van der Waals surface area contributed by atoms with Crippen molar-refractivity contribution in [3.05, 3.63) is 48.5 Å². The predicted octanol–water partition coefficient (Wildman–Crippen LogP) is 4.37. The van der Waals surface area contributed by atoms with Crippen LogP contribution in [0.15, 0.2) is 53.4 Å². The zero-order chi connectivity index (χ0) is 21.2. The van der Waals surface area contributed by atoms with Crippen molar-refractivity contribution in [1.29, 1.82) is 0 Å². The SMILES string of the molecule is CC(C)(C)C(=O)Nc1cccc(NS(=O)(=O)c2cccc(OC(F)(F)F)c2)c1. The van der Waals surface area contributed by atoms with Crippen molar-refractivity contribution in [2.45, 2.75) is 32.0 Å². The third-order valence-corrected chi connectivity index (χ3v) is 4.78. The van der Waals surface area contributed by atoms with Crippen LogP contribution in [0.25, 0.3) is 0 Å². The molecule has 0 saturated heterocycles. The van der Waals surface area contributed by atoms with Crippen molar-refractivity contribution in [2.75, 3.05) is 10.0 Å². The second-order valence-corrected chi connectivity index (χ2v) is 8.60. The van der Waals surface area contributed by atoms with Crippen LogP contribution in [0.3, 0.4) is 0 Å². The minimum absolute atomic E-state index is 0.133. The third kappa shape index (κ3) is 6.15. The fraction of sp³-hybridized carbons (Fsp3) is 0.278. The fourth-order valence-electron chi connectivity index (χ4n) is 2.03. The van der Waals surface area contributed by atoms with Crippen LogP contribution < -0.4 is 14.8 Å². The van der Waals surface area contributed by atoms with E-state index in [2.05, 4.69) is 14.8 Å². The lowest BCUT2D eigenvalue weighted by atomic mass is 9.95. The number of amides is 1. The number of hydrogen-bond acceptors (Lipinski definition) is 4. The van der Waals surface area contributed by atoms with Crippen LogP contribution in [0.4, 0.5) is 24.5 Å². The van der Waals surface area contributed by atoms with Gasteiger partial charge in [-0.3, -0.25) is 9.52 Å². The molecule has 0 aliphatic rings. The van der Waals surface area contributed by atoms with Crippen LogP contribution in [0.5, 0.6) is 5.75 Å². The Morgan fingerprint density at radius 1 is 0.964 bits per heavy atom. The second-order valence-electron chi connectivity index (χ2n) is 6.91. The molecule has 2 aromatic rings. The predicted molar refractivity (Wildman–Crippen MR) is 98.5 cm³/mol. The van der Waals surface area contributed by atoms with E-state index in [9.17, 15) is 26.4 Å². The highest BCUT2D eigenvalue weighted by molar-refractivity contribution is 7.92. The molecular formula is C18H19F3N2O4S. The molecule has 2 aromatic carbocycles. The Kier molecular flexibility index (Phi) is 5.93. The van der Waals surface area contributed by atoms with Gasteiger partial charge < -0.3 is 10.1 Å². The van der Waals surface area contributed by atoms with Gasteiger partial charge in [0.15, 0.2) is 0 Å². The number of benzene rings is 2. The second kappa shape index (κ2) is 7.70. The molecule has 2 N–H and O–H groups in total. The van der Waals surface area contributed by atoms with E-state index < -0.39 is 32.4 Å². The Hall–Kier alpha value is -2.75. The van der Waals surface area contributed by atoms with Crippen molar-refractivity contribution in [1.82, 2.24) is 0 Å². The summed E-state index contributed by atoms with van der Waals surface area (Å²) in [5.74, 6) is -0.911. The Bertz CT molecular complexity index is 967. The quantitative estimate of drug-likeness (QED) is 0.758. The lowest BCUT2D eigenvalue weighted by Crippen LogP contribution is -2.27. The van der Waals surface area contributed by atoms with Crippen LogP contribution in [0.2, 0.25) is 0 Å². The fourth-order valence-corrected chi connectivity index (χ4v) is 3.12. The van der Waals surface area contributed by atoms with E-state index in [1.165, 1.54) is 18.2 Å². The van der Waals surface area contributed by atoms with Gasteiger partial charge in [0.2, 0.25) is 5.91 Å². The van der Waals surface area contributed by atoms with Crippen molar-refractivity contribution < 1.29 is 31.1 Å². The summed E-state index contributed by atoms with van der Waals surface area (Å²) >= 11 is 0. The lowest BCUT2D eigenvalue weighted by Gasteiger charge is -2.18. The average molecular weight is 416 g/mol. The van der Waals surface area contributed by atoms with E-state index in [4.69, 9.17) is 0 Å². The van der Waals surface area contributed by atoms with Gasteiger partial charge in [0.25, 0.3) is 10.0 Å². The van der Waals surface area contributed by atoms with Crippen LogP contribution in [-0.4, -0.2) is 20.7 Å². The standard InChI is InChI=1S/C18H19F3N2O4S/c1-17(2,3)16(24)22-12-6-4-7-13(10-12)23-28(25,26)15-9-5-8-14(11-15)27-18(19,20)21/h4-11,23H,1-3H3,(H,22,24). The molecule has 0 aromatic heterocycles. The maximum atomic E-state index is 12.5. The van der Waals surface area contributed by atoms with E-state index in [-0.39, 0.29) is 11.6 Å².